The molecule has 3 nitrogen and oxygen atoms in total. The molecule has 1 N–H and O–H groups in total. The van der Waals surface area contributed by atoms with Gasteiger partial charge in [-0.1, -0.05) is 12.1 Å². The number of anilines is 1. The average molecular weight is 262 g/mol. The Kier molecular flexibility index (Phi) is 2.63. The number of aryl methyl sites for hydroxylation is 1. The van der Waals surface area contributed by atoms with E-state index in [0.29, 0.717) is 6.42 Å². The number of amides is 1. The van der Waals surface area contributed by atoms with Crippen LogP contribution in [0.4, 0.5) is 5.69 Å². The molecule has 0 fully saturated rings. The van der Waals surface area contributed by atoms with Crippen LogP contribution in [0.3, 0.4) is 0 Å². The molecule has 0 aliphatic carbocycles. The monoisotopic (exact) mass is 261 g/mol. The van der Waals surface area contributed by atoms with E-state index in [0.717, 1.165) is 28.1 Å². The minimum absolute atomic E-state index is 0.0300. The van der Waals surface area contributed by atoms with E-state index in [4.69, 9.17) is 16.0 Å². The Balaban J connectivity index is 1.97. The third kappa shape index (κ3) is 1.81. The van der Waals surface area contributed by atoms with Gasteiger partial charge in [-0.25, -0.2) is 0 Å². The summed E-state index contributed by atoms with van der Waals surface area (Å²) in [6.45, 7) is 1.96. The Morgan fingerprint density at radius 2 is 2.22 bits per heavy atom. The predicted molar refractivity (Wildman–Crippen MR) is 69.9 cm³/mol. The van der Waals surface area contributed by atoms with Crippen molar-refractivity contribution in [3.05, 3.63) is 53.0 Å². The minimum Gasteiger partial charge on any atom is -0.467 e. The van der Waals surface area contributed by atoms with Gasteiger partial charge < -0.3 is 9.73 Å². The van der Waals surface area contributed by atoms with E-state index in [1.54, 1.807) is 6.26 Å². The van der Waals surface area contributed by atoms with Crippen molar-refractivity contribution in [2.75, 3.05) is 5.32 Å². The zero-order valence-electron chi connectivity index (χ0n) is 9.87. The molecule has 4 heteroatoms. The van der Waals surface area contributed by atoms with E-state index >= 15 is 0 Å². The summed E-state index contributed by atoms with van der Waals surface area (Å²) in [7, 11) is 0. The molecule has 1 amide bonds. The van der Waals surface area contributed by atoms with Crippen molar-refractivity contribution in [3.8, 4) is 0 Å². The molecule has 1 unspecified atom stereocenters. The van der Waals surface area contributed by atoms with Gasteiger partial charge in [0.1, 0.15) is 11.1 Å². The highest BCUT2D eigenvalue weighted by Crippen LogP contribution is 2.34. The van der Waals surface area contributed by atoms with Crippen molar-refractivity contribution in [3.63, 3.8) is 0 Å². The summed E-state index contributed by atoms with van der Waals surface area (Å²) >= 11 is 6.42. The first kappa shape index (κ1) is 11.4. The molecule has 3 rings (SSSR count). The first-order valence-corrected chi connectivity index (χ1v) is 6.19. The van der Waals surface area contributed by atoms with Crippen LogP contribution in [0.2, 0.25) is 0 Å². The Hall–Kier alpha value is -1.74. The topological polar surface area (TPSA) is 42.2 Å². The van der Waals surface area contributed by atoms with Gasteiger partial charge in [0, 0.05) is 5.69 Å². The SMILES string of the molecule is Cc1ccoc1C(Cl)c1ccc2c(c1)CC(=O)N2. The Morgan fingerprint density at radius 3 is 2.94 bits per heavy atom. The number of carbonyl (C=O) groups is 1. The normalized spacial score (nSPS) is 15.3. The van der Waals surface area contributed by atoms with Gasteiger partial charge >= 0.3 is 0 Å². The first-order chi connectivity index (χ1) is 8.65. The second-order valence-corrected chi connectivity index (χ2v) is 4.91. The molecule has 1 aliphatic heterocycles. The summed E-state index contributed by atoms with van der Waals surface area (Å²) in [6, 6.07) is 7.67. The van der Waals surface area contributed by atoms with Crippen LogP contribution in [0.1, 0.15) is 27.8 Å². The van der Waals surface area contributed by atoms with E-state index in [2.05, 4.69) is 5.32 Å². The molecule has 1 aromatic heterocycles. The lowest BCUT2D eigenvalue weighted by Gasteiger charge is -2.10. The van der Waals surface area contributed by atoms with Crippen molar-refractivity contribution in [2.45, 2.75) is 18.7 Å². The van der Waals surface area contributed by atoms with E-state index in [9.17, 15) is 4.79 Å². The van der Waals surface area contributed by atoms with Crippen LogP contribution in [0, 0.1) is 6.92 Å². The fourth-order valence-corrected chi connectivity index (χ4v) is 2.56. The first-order valence-electron chi connectivity index (χ1n) is 5.76. The molecule has 1 atom stereocenters. The molecular weight excluding hydrogens is 250 g/mol. The zero-order chi connectivity index (χ0) is 12.7. The second-order valence-electron chi connectivity index (χ2n) is 4.47. The van der Waals surface area contributed by atoms with E-state index in [1.165, 1.54) is 0 Å². The Morgan fingerprint density at radius 1 is 1.39 bits per heavy atom. The summed E-state index contributed by atoms with van der Waals surface area (Å²) in [6.07, 6.45) is 2.06. The summed E-state index contributed by atoms with van der Waals surface area (Å²) in [5.41, 5.74) is 3.85. The number of rotatable bonds is 2. The molecular formula is C14H12ClNO2. The van der Waals surface area contributed by atoms with Gasteiger partial charge in [-0.15, -0.1) is 11.6 Å². The van der Waals surface area contributed by atoms with Crippen LogP contribution >= 0.6 is 11.6 Å². The van der Waals surface area contributed by atoms with E-state index < -0.39 is 0 Å². The van der Waals surface area contributed by atoms with Crippen LogP contribution in [-0.2, 0) is 11.2 Å². The number of hydrogen-bond donors (Lipinski definition) is 1. The number of benzene rings is 1. The van der Waals surface area contributed by atoms with Crippen molar-refractivity contribution < 1.29 is 9.21 Å². The fourth-order valence-electron chi connectivity index (χ4n) is 2.20. The van der Waals surface area contributed by atoms with Crippen LogP contribution in [0.15, 0.2) is 34.9 Å². The molecule has 0 radical (unpaired) electrons. The largest absolute Gasteiger partial charge is 0.467 e. The maximum absolute atomic E-state index is 11.3. The fraction of sp³-hybridized carbons (Fsp3) is 0.214. The number of halogens is 1. The van der Waals surface area contributed by atoms with Crippen LogP contribution in [0.25, 0.3) is 0 Å². The molecule has 2 heterocycles. The second kappa shape index (κ2) is 4.18. The minimum atomic E-state index is -0.319. The van der Waals surface area contributed by atoms with Gasteiger partial charge in [0.05, 0.1) is 12.7 Å². The Bertz CT molecular complexity index is 618. The van der Waals surface area contributed by atoms with E-state index in [1.807, 2.05) is 31.2 Å². The average Bonchev–Trinajstić information content (AvgIpc) is 2.91. The van der Waals surface area contributed by atoms with Gasteiger partial charge in [0.2, 0.25) is 5.91 Å². The number of fused-ring (bicyclic) bond motifs is 1. The molecule has 18 heavy (non-hydrogen) atoms. The number of furan rings is 1. The lowest BCUT2D eigenvalue weighted by Crippen LogP contribution is -2.03. The third-order valence-corrected chi connectivity index (χ3v) is 3.63. The lowest BCUT2D eigenvalue weighted by molar-refractivity contribution is -0.115. The number of alkyl halides is 1. The Labute approximate surface area is 110 Å². The maximum atomic E-state index is 11.3. The molecule has 1 aliphatic rings. The molecule has 92 valence electrons. The van der Waals surface area contributed by atoms with Crippen molar-refractivity contribution in [1.82, 2.24) is 0 Å². The molecule has 1 aromatic carbocycles. The van der Waals surface area contributed by atoms with Crippen molar-refractivity contribution >= 4 is 23.2 Å². The van der Waals surface area contributed by atoms with Crippen LogP contribution in [-0.4, -0.2) is 5.91 Å². The van der Waals surface area contributed by atoms with Gasteiger partial charge in [0.15, 0.2) is 0 Å². The van der Waals surface area contributed by atoms with Gasteiger partial charge in [-0.2, -0.15) is 0 Å². The highest BCUT2D eigenvalue weighted by atomic mass is 35.5. The number of nitrogens with one attached hydrogen (secondary N) is 1. The zero-order valence-corrected chi connectivity index (χ0v) is 10.6. The van der Waals surface area contributed by atoms with Gasteiger partial charge in [-0.3, -0.25) is 4.79 Å². The van der Waals surface area contributed by atoms with Crippen LogP contribution < -0.4 is 5.32 Å². The molecule has 0 saturated carbocycles. The summed E-state index contributed by atoms with van der Waals surface area (Å²) < 4.78 is 5.41. The lowest BCUT2D eigenvalue weighted by atomic mass is 10.0. The van der Waals surface area contributed by atoms with E-state index in [-0.39, 0.29) is 11.3 Å². The summed E-state index contributed by atoms with van der Waals surface area (Å²) in [4.78, 5) is 11.3. The highest BCUT2D eigenvalue weighted by Gasteiger charge is 2.21. The predicted octanol–water partition coefficient (Wildman–Crippen LogP) is 3.41. The molecule has 0 bridgehead atoms. The van der Waals surface area contributed by atoms with Gasteiger partial charge in [0.25, 0.3) is 0 Å². The molecule has 0 saturated heterocycles. The maximum Gasteiger partial charge on any atom is 0.228 e. The standard InChI is InChI=1S/C14H12ClNO2/c1-8-4-5-18-14(8)13(15)9-2-3-11-10(6-9)7-12(17)16-11/h2-6,13H,7H2,1H3,(H,16,17). The van der Waals surface area contributed by atoms with Gasteiger partial charge in [-0.05, 0) is 35.7 Å². The van der Waals surface area contributed by atoms with Crippen molar-refractivity contribution in [2.24, 2.45) is 0 Å². The third-order valence-electron chi connectivity index (χ3n) is 3.18. The van der Waals surface area contributed by atoms with Crippen LogP contribution in [0.5, 0.6) is 0 Å². The van der Waals surface area contributed by atoms with Crippen molar-refractivity contribution in [1.29, 1.82) is 0 Å². The highest BCUT2D eigenvalue weighted by molar-refractivity contribution is 6.22. The summed E-state index contributed by atoms with van der Waals surface area (Å²) in [5.74, 6) is 0.788. The summed E-state index contributed by atoms with van der Waals surface area (Å²) in [5, 5.41) is 2.49. The number of carbonyl (C=O) groups excluding carboxylic acids is 1. The molecule has 0 spiro atoms. The molecule has 2 aromatic rings. The quantitative estimate of drug-likeness (QED) is 0.842. The number of hydrogen-bond acceptors (Lipinski definition) is 2. The smallest absolute Gasteiger partial charge is 0.228 e.